The van der Waals surface area contributed by atoms with Crippen LogP contribution in [0.5, 0.6) is 0 Å². The topological polar surface area (TPSA) is 76.0 Å². The molecule has 2 amide bonds. The lowest BCUT2D eigenvalue weighted by Crippen LogP contribution is -2.37. The number of nitrogens with zero attached hydrogens (tertiary/aromatic N) is 2. The molecule has 1 aromatic heterocycles. The molecule has 0 unspecified atom stereocenters. The third-order valence-electron chi connectivity index (χ3n) is 4.15. The summed E-state index contributed by atoms with van der Waals surface area (Å²) in [5.41, 5.74) is 2.92. The summed E-state index contributed by atoms with van der Waals surface area (Å²) in [5, 5.41) is 5.40. The maximum absolute atomic E-state index is 11.9. The third-order valence-corrected chi connectivity index (χ3v) is 4.15. The maximum atomic E-state index is 11.9. The fourth-order valence-corrected chi connectivity index (χ4v) is 2.81. The number of fused-ring (bicyclic) bond motifs is 1. The minimum absolute atomic E-state index is 0.0539. The van der Waals surface area contributed by atoms with Crippen LogP contribution >= 0.6 is 0 Å². The Morgan fingerprint density at radius 1 is 1.04 bits per heavy atom. The molecule has 27 heavy (non-hydrogen) atoms. The van der Waals surface area contributed by atoms with Crippen molar-refractivity contribution < 1.29 is 9.59 Å². The monoisotopic (exact) mass is 362 g/mol. The van der Waals surface area contributed by atoms with Gasteiger partial charge in [-0.15, -0.1) is 0 Å². The van der Waals surface area contributed by atoms with E-state index in [9.17, 15) is 9.59 Å². The summed E-state index contributed by atoms with van der Waals surface area (Å²) in [6.07, 6.45) is 3.13. The van der Waals surface area contributed by atoms with E-state index in [0.29, 0.717) is 13.1 Å². The molecule has 0 spiro atoms. The number of nitrogens with one attached hydrogen (secondary N) is 2. The smallest absolute Gasteiger partial charge is 0.244 e. The summed E-state index contributed by atoms with van der Waals surface area (Å²) in [7, 11) is 0. The Kier molecular flexibility index (Phi) is 5.99. The van der Waals surface area contributed by atoms with Gasteiger partial charge in [0.15, 0.2) is 0 Å². The van der Waals surface area contributed by atoms with E-state index in [1.54, 1.807) is 6.08 Å². The molecular weight excluding hydrogens is 340 g/mol. The van der Waals surface area contributed by atoms with Gasteiger partial charge in [0, 0.05) is 19.2 Å². The summed E-state index contributed by atoms with van der Waals surface area (Å²) in [4.78, 5) is 28.2. The number of carbonyl (C=O) groups is 2. The van der Waals surface area contributed by atoms with Crippen LogP contribution in [-0.4, -0.2) is 34.5 Å². The lowest BCUT2D eigenvalue weighted by atomic mass is 10.2. The van der Waals surface area contributed by atoms with E-state index in [1.807, 2.05) is 61.5 Å². The number of imidazole rings is 1. The highest BCUT2D eigenvalue weighted by Gasteiger charge is 2.07. The van der Waals surface area contributed by atoms with Crippen molar-refractivity contribution in [3.8, 4) is 0 Å². The van der Waals surface area contributed by atoms with Crippen molar-refractivity contribution in [2.45, 2.75) is 13.5 Å². The van der Waals surface area contributed by atoms with E-state index in [1.165, 1.54) is 6.08 Å². The first-order valence-electron chi connectivity index (χ1n) is 8.83. The highest BCUT2D eigenvalue weighted by molar-refractivity contribution is 5.94. The van der Waals surface area contributed by atoms with Crippen molar-refractivity contribution >= 4 is 28.9 Å². The highest BCUT2D eigenvalue weighted by Crippen LogP contribution is 2.14. The van der Waals surface area contributed by atoms with Gasteiger partial charge in [0.25, 0.3) is 0 Å². The first-order chi connectivity index (χ1) is 13.1. The molecule has 0 fully saturated rings. The lowest BCUT2D eigenvalue weighted by Gasteiger charge is -2.09. The zero-order valence-corrected chi connectivity index (χ0v) is 15.2. The minimum atomic E-state index is -0.301. The Bertz CT molecular complexity index is 961. The number of para-hydroxylation sites is 2. The summed E-state index contributed by atoms with van der Waals surface area (Å²) >= 11 is 0. The predicted molar refractivity (Wildman–Crippen MR) is 106 cm³/mol. The molecule has 0 aliphatic heterocycles. The van der Waals surface area contributed by atoms with Crippen LogP contribution in [-0.2, 0) is 16.1 Å². The van der Waals surface area contributed by atoms with Crippen LogP contribution in [0.25, 0.3) is 17.1 Å². The quantitative estimate of drug-likeness (QED) is 0.633. The molecule has 0 bridgehead atoms. The van der Waals surface area contributed by atoms with Gasteiger partial charge in [0.1, 0.15) is 5.82 Å². The summed E-state index contributed by atoms with van der Waals surface area (Å²) in [5.74, 6) is 0.383. The fourth-order valence-electron chi connectivity index (χ4n) is 2.81. The SMILES string of the molecule is Cc1nc2ccccc2n1CCNC(=O)CNC(=O)/C=C\c1ccccc1. The molecular formula is C21H22N4O2. The number of hydrogen-bond donors (Lipinski definition) is 2. The number of amides is 2. The van der Waals surface area contributed by atoms with E-state index in [-0.39, 0.29) is 18.4 Å². The Hall–Kier alpha value is -3.41. The molecule has 3 aromatic rings. The number of rotatable bonds is 7. The van der Waals surface area contributed by atoms with Crippen molar-refractivity contribution in [3.63, 3.8) is 0 Å². The van der Waals surface area contributed by atoms with Gasteiger partial charge < -0.3 is 15.2 Å². The molecule has 0 saturated heterocycles. The first-order valence-corrected chi connectivity index (χ1v) is 8.83. The zero-order valence-electron chi connectivity index (χ0n) is 15.2. The van der Waals surface area contributed by atoms with Gasteiger partial charge in [-0.1, -0.05) is 42.5 Å². The number of carbonyl (C=O) groups excluding carboxylic acids is 2. The van der Waals surface area contributed by atoms with E-state index < -0.39 is 0 Å². The molecule has 0 aliphatic rings. The van der Waals surface area contributed by atoms with Crippen LogP contribution in [0.3, 0.4) is 0 Å². The van der Waals surface area contributed by atoms with E-state index in [4.69, 9.17) is 0 Å². The Labute approximate surface area is 157 Å². The number of aromatic nitrogens is 2. The van der Waals surface area contributed by atoms with Crippen molar-refractivity contribution in [1.82, 2.24) is 20.2 Å². The molecule has 0 radical (unpaired) electrons. The molecule has 2 aromatic carbocycles. The van der Waals surface area contributed by atoms with Gasteiger partial charge in [-0.3, -0.25) is 9.59 Å². The normalized spacial score (nSPS) is 11.0. The van der Waals surface area contributed by atoms with E-state index in [2.05, 4.69) is 20.2 Å². The van der Waals surface area contributed by atoms with Gasteiger partial charge in [-0.2, -0.15) is 0 Å². The maximum Gasteiger partial charge on any atom is 0.244 e. The van der Waals surface area contributed by atoms with Crippen LogP contribution in [0.1, 0.15) is 11.4 Å². The standard InChI is InChI=1S/C21H22N4O2/c1-16-24-18-9-5-6-10-19(18)25(16)14-13-22-21(27)15-23-20(26)12-11-17-7-3-2-4-8-17/h2-12H,13-15H2,1H3,(H,22,27)(H,23,26)/b12-11-. The zero-order chi connectivity index (χ0) is 19.1. The molecule has 0 aliphatic carbocycles. The van der Waals surface area contributed by atoms with E-state index in [0.717, 1.165) is 22.4 Å². The Balaban J connectivity index is 1.42. The molecule has 0 saturated carbocycles. The molecule has 3 rings (SSSR count). The molecule has 6 nitrogen and oxygen atoms in total. The summed E-state index contributed by atoms with van der Waals surface area (Å²) in [6.45, 7) is 2.98. The van der Waals surface area contributed by atoms with Gasteiger partial charge in [0.2, 0.25) is 11.8 Å². The average Bonchev–Trinajstić information content (AvgIpc) is 3.01. The van der Waals surface area contributed by atoms with Gasteiger partial charge in [-0.05, 0) is 30.7 Å². The average molecular weight is 362 g/mol. The van der Waals surface area contributed by atoms with Crippen LogP contribution in [0.4, 0.5) is 0 Å². The molecule has 1 heterocycles. The molecule has 2 N–H and O–H groups in total. The van der Waals surface area contributed by atoms with Crippen molar-refractivity contribution in [2.24, 2.45) is 0 Å². The van der Waals surface area contributed by atoms with Gasteiger partial charge in [-0.25, -0.2) is 4.98 Å². The van der Waals surface area contributed by atoms with Crippen molar-refractivity contribution in [2.75, 3.05) is 13.1 Å². The highest BCUT2D eigenvalue weighted by atomic mass is 16.2. The second-order valence-corrected chi connectivity index (χ2v) is 6.11. The summed E-state index contributed by atoms with van der Waals surface area (Å²) < 4.78 is 2.07. The fraction of sp³-hybridized carbons (Fsp3) is 0.190. The van der Waals surface area contributed by atoms with E-state index >= 15 is 0 Å². The predicted octanol–water partition coefficient (Wildman–Crippen LogP) is 2.29. The van der Waals surface area contributed by atoms with Crippen molar-refractivity contribution in [3.05, 3.63) is 72.1 Å². The van der Waals surface area contributed by atoms with Crippen LogP contribution in [0.2, 0.25) is 0 Å². The van der Waals surface area contributed by atoms with Crippen LogP contribution < -0.4 is 10.6 Å². The molecule has 6 heteroatoms. The largest absolute Gasteiger partial charge is 0.353 e. The first kappa shape index (κ1) is 18.4. The number of aryl methyl sites for hydroxylation is 1. The van der Waals surface area contributed by atoms with Gasteiger partial charge >= 0.3 is 0 Å². The molecule has 0 atom stereocenters. The van der Waals surface area contributed by atoms with Crippen LogP contribution in [0, 0.1) is 6.92 Å². The second kappa shape index (κ2) is 8.80. The van der Waals surface area contributed by atoms with Crippen molar-refractivity contribution in [1.29, 1.82) is 0 Å². The van der Waals surface area contributed by atoms with Gasteiger partial charge in [0.05, 0.1) is 17.6 Å². The second-order valence-electron chi connectivity index (χ2n) is 6.11. The summed E-state index contributed by atoms with van der Waals surface area (Å²) in [6, 6.07) is 17.4. The minimum Gasteiger partial charge on any atom is -0.353 e. The number of benzene rings is 2. The Morgan fingerprint density at radius 3 is 2.59 bits per heavy atom. The Morgan fingerprint density at radius 2 is 1.78 bits per heavy atom. The van der Waals surface area contributed by atoms with Crippen LogP contribution in [0.15, 0.2) is 60.7 Å². The molecule has 138 valence electrons. The lowest BCUT2D eigenvalue weighted by molar-refractivity contribution is -0.123. The number of hydrogen-bond acceptors (Lipinski definition) is 3. The third kappa shape index (κ3) is 5.04.